The van der Waals surface area contributed by atoms with Gasteiger partial charge >= 0.3 is 5.97 Å². The van der Waals surface area contributed by atoms with Crippen molar-refractivity contribution in [1.82, 2.24) is 0 Å². The molecule has 0 aromatic heterocycles. The van der Waals surface area contributed by atoms with Gasteiger partial charge in [-0.3, -0.25) is 0 Å². The van der Waals surface area contributed by atoms with E-state index >= 15 is 0 Å². The number of aryl methyl sites for hydroxylation is 1. The molecule has 0 aliphatic carbocycles. The largest absolute Gasteiger partial charge is 0.478 e. The molecule has 0 heterocycles. The first-order valence-corrected chi connectivity index (χ1v) is 5.54. The van der Waals surface area contributed by atoms with Crippen molar-refractivity contribution < 1.29 is 9.90 Å². The van der Waals surface area contributed by atoms with Crippen molar-refractivity contribution in [3.8, 4) is 0 Å². The maximum atomic E-state index is 10.5. The summed E-state index contributed by atoms with van der Waals surface area (Å²) in [7, 11) is 0. The molecule has 0 aliphatic heterocycles. The van der Waals surface area contributed by atoms with Gasteiger partial charge in [0.1, 0.15) is 0 Å². The molecule has 1 aromatic rings. The van der Waals surface area contributed by atoms with E-state index in [0.29, 0.717) is 6.42 Å². The summed E-state index contributed by atoms with van der Waals surface area (Å²) in [5.74, 6) is -0.899. The van der Waals surface area contributed by atoms with Crippen LogP contribution in [0.25, 0.3) is 0 Å². The van der Waals surface area contributed by atoms with Crippen molar-refractivity contribution in [2.75, 3.05) is 0 Å². The lowest BCUT2D eigenvalue weighted by molar-refractivity contribution is -0.132. The van der Waals surface area contributed by atoms with Gasteiger partial charge < -0.3 is 5.11 Å². The first-order valence-electron chi connectivity index (χ1n) is 4.75. The number of hydrogen-bond donors (Lipinski definition) is 1. The van der Waals surface area contributed by atoms with Gasteiger partial charge in [-0.05, 0) is 37.0 Å². The Hall–Kier alpha value is -1.09. The molecule has 0 bridgehead atoms. The third kappa shape index (κ3) is 4.30. The molecule has 0 saturated heterocycles. The zero-order valence-corrected chi connectivity index (χ0v) is 9.96. The molecule has 0 fully saturated rings. The van der Waals surface area contributed by atoms with E-state index in [9.17, 15) is 4.79 Å². The second kappa shape index (κ2) is 5.71. The quantitative estimate of drug-likeness (QED) is 0.831. The van der Waals surface area contributed by atoms with Crippen molar-refractivity contribution in [2.45, 2.75) is 19.3 Å². The van der Waals surface area contributed by atoms with Crippen LogP contribution in [0.2, 0.25) is 0 Å². The van der Waals surface area contributed by atoms with E-state index in [1.165, 1.54) is 5.56 Å². The number of halogens is 1. The molecule has 2 nitrogen and oxygen atoms in total. The molecule has 0 atom stereocenters. The van der Waals surface area contributed by atoms with Gasteiger partial charge in [-0.1, -0.05) is 34.6 Å². The Labute approximate surface area is 97.8 Å². The fraction of sp³-hybridized carbons (Fsp3) is 0.250. The minimum absolute atomic E-state index is 0.282. The summed E-state index contributed by atoms with van der Waals surface area (Å²) in [5, 5.41) is 8.62. The number of aliphatic carboxylic acids is 1. The Morgan fingerprint density at radius 3 is 2.80 bits per heavy atom. The van der Waals surface area contributed by atoms with Crippen LogP contribution >= 0.6 is 15.9 Å². The number of carboxylic acid groups (broad SMARTS) is 1. The molecular formula is C12H13BrO2. The van der Waals surface area contributed by atoms with Gasteiger partial charge in [-0.15, -0.1) is 0 Å². The average molecular weight is 269 g/mol. The maximum Gasteiger partial charge on any atom is 0.330 e. The van der Waals surface area contributed by atoms with Crippen LogP contribution in [-0.2, 0) is 11.2 Å². The summed E-state index contributed by atoms with van der Waals surface area (Å²) >= 11 is 3.39. The van der Waals surface area contributed by atoms with Crippen LogP contribution in [0.1, 0.15) is 18.4 Å². The predicted octanol–water partition coefficient (Wildman–Crippen LogP) is 3.41. The molecule has 0 spiro atoms. The first kappa shape index (κ1) is 12.0. The number of hydrogen-bond acceptors (Lipinski definition) is 1. The molecule has 0 radical (unpaired) electrons. The topological polar surface area (TPSA) is 37.3 Å². The lowest BCUT2D eigenvalue weighted by Gasteiger charge is -2.02. The lowest BCUT2D eigenvalue weighted by atomic mass is 10.1. The highest BCUT2D eigenvalue weighted by atomic mass is 79.9. The van der Waals surface area contributed by atoms with Gasteiger partial charge in [0.25, 0.3) is 0 Å². The number of carbonyl (C=O) groups is 1. The Bertz CT molecular complexity index is 372. The molecule has 0 aliphatic rings. The molecule has 0 unspecified atom stereocenters. The van der Waals surface area contributed by atoms with Crippen LogP contribution in [-0.4, -0.2) is 11.1 Å². The van der Waals surface area contributed by atoms with Gasteiger partial charge in [0.2, 0.25) is 0 Å². The van der Waals surface area contributed by atoms with Crippen LogP contribution in [0.3, 0.4) is 0 Å². The first-order chi connectivity index (χ1) is 7.09. The smallest absolute Gasteiger partial charge is 0.330 e. The van der Waals surface area contributed by atoms with E-state index in [-0.39, 0.29) is 5.57 Å². The fourth-order valence-electron chi connectivity index (χ4n) is 1.31. The molecule has 3 heteroatoms. The monoisotopic (exact) mass is 268 g/mol. The van der Waals surface area contributed by atoms with Gasteiger partial charge in [-0.25, -0.2) is 4.79 Å². The second-order valence-electron chi connectivity index (χ2n) is 3.39. The van der Waals surface area contributed by atoms with Crippen LogP contribution < -0.4 is 0 Å². The van der Waals surface area contributed by atoms with Crippen molar-refractivity contribution in [3.05, 3.63) is 46.5 Å². The summed E-state index contributed by atoms with van der Waals surface area (Å²) < 4.78 is 1.05. The van der Waals surface area contributed by atoms with Gasteiger partial charge in [0.05, 0.1) is 0 Å². The summed E-state index contributed by atoms with van der Waals surface area (Å²) in [6.45, 7) is 3.49. The summed E-state index contributed by atoms with van der Waals surface area (Å²) in [4.78, 5) is 10.5. The van der Waals surface area contributed by atoms with Crippen LogP contribution in [0, 0.1) is 0 Å². The molecule has 1 rings (SSSR count). The Kier molecular flexibility index (Phi) is 4.56. The molecule has 80 valence electrons. The SMILES string of the molecule is C=C(CCCc1cccc(Br)c1)C(=O)O. The van der Waals surface area contributed by atoms with Crippen molar-refractivity contribution >= 4 is 21.9 Å². The number of carboxylic acids is 1. The number of benzene rings is 1. The van der Waals surface area contributed by atoms with Crippen molar-refractivity contribution in [2.24, 2.45) is 0 Å². The predicted molar refractivity (Wildman–Crippen MR) is 63.9 cm³/mol. The highest BCUT2D eigenvalue weighted by Gasteiger charge is 2.03. The minimum atomic E-state index is -0.899. The van der Waals surface area contributed by atoms with Gasteiger partial charge in [-0.2, -0.15) is 0 Å². The zero-order valence-electron chi connectivity index (χ0n) is 8.37. The van der Waals surface area contributed by atoms with E-state index in [0.717, 1.165) is 17.3 Å². The minimum Gasteiger partial charge on any atom is -0.478 e. The Balaban J connectivity index is 2.38. The molecule has 0 saturated carbocycles. The highest BCUT2D eigenvalue weighted by Crippen LogP contribution is 2.14. The molecule has 1 N–H and O–H groups in total. The second-order valence-corrected chi connectivity index (χ2v) is 4.31. The summed E-state index contributed by atoms with van der Waals surface area (Å²) in [6.07, 6.45) is 2.25. The zero-order chi connectivity index (χ0) is 11.3. The van der Waals surface area contributed by atoms with E-state index < -0.39 is 5.97 Å². The summed E-state index contributed by atoms with van der Waals surface area (Å²) in [5.41, 5.74) is 1.49. The highest BCUT2D eigenvalue weighted by molar-refractivity contribution is 9.10. The third-order valence-electron chi connectivity index (χ3n) is 2.14. The Morgan fingerprint density at radius 2 is 2.20 bits per heavy atom. The normalized spacial score (nSPS) is 9.93. The van der Waals surface area contributed by atoms with Gasteiger partial charge in [0, 0.05) is 10.0 Å². The van der Waals surface area contributed by atoms with E-state index in [1.807, 2.05) is 24.3 Å². The average Bonchev–Trinajstić information content (AvgIpc) is 2.17. The molecule has 1 aromatic carbocycles. The van der Waals surface area contributed by atoms with E-state index in [1.54, 1.807) is 0 Å². The third-order valence-corrected chi connectivity index (χ3v) is 2.63. The molecule has 15 heavy (non-hydrogen) atoms. The summed E-state index contributed by atoms with van der Waals surface area (Å²) in [6, 6.07) is 8.03. The van der Waals surface area contributed by atoms with Crippen molar-refractivity contribution in [1.29, 1.82) is 0 Å². The van der Waals surface area contributed by atoms with Crippen LogP contribution in [0.5, 0.6) is 0 Å². The fourth-order valence-corrected chi connectivity index (χ4v) is 1.75. The molecule has 0 amide bonds. The van der Waals surface area contributed by atoms with E-state index in [2.05, 4.69) is 22.5 Å². The number of rotatable bonds is 5. The standard InChI is InChI=1S/C12H13BrO2/c1-9(12(14)15)4-2-5-10-6-3-7-11(13)8-10/h3,6-8H,1-2,4-5H2,(H,14,15). The lowest BCUT2D eigenvalue weighted by Crippen LogP contribution is -1.99. The van der Waals surface area contributed by atoms with Crippen molar-refractivity contribution in [3.63, 3.8) is 0 Å². The van der Waals surface area contributed by atoms with Crippen LogP contribution in [0.15, 0.2) is 40.9 Å². The van der Waals surface area contributed by atoms with E-state index in [4.69, 9.17) is 5.11 Å². The van der Waals surface area contributed by atoms with Crippen LogP contribution in [0.4, 0.5) is 0 Å². The maximum absolute atomic E-state index is 10.5. The Morgan fingerprint density at radius 1 is 1.47 bits per heavy atom. The van der Waals surface area contributed by atoms with Gasteiger partial charge in [0.15, 0.2) is 0 Å². The molecular weight excluding hydrogens is 256 g/mol.